The Bertz CT molecular complexity index is 868. The molecule has 2 heteroatoms. The Balaban J connectivity index is 0.000000428. The lowest BCUT2D eigenvalue weighted by atomic mass is 9.87. The average molecular weight is 581 g/mol. The van der Waals surface area contributed by atoms with E-state index in [1.54, 1.807) is 0 Å². The summed E-state index contributed by atoms with van der Waals surface area (Å²) in [7, 11) is 0. The molecule has 2 rings (SSSR count). The molecule has 0 saturated carbocycles. The van der Waals surface area contributed by atoms with Gasteiger partial charge >= 0.3 is 0 Å². The minimum absolute atomic E-state index is 0.217. The number of unbranched alkanes of at least 4 members (excludes halogenated alkanes) is 14. The van der Waals surface area contributed by atoms with Crippen LogP contribution < -0.4 is 9.47 Å². The topological polar surface area (TPSA) is 18.5 Å². The molecular formula is C40H68O2. The van der Waals surface area contributed by atoms with Crippen LogP contribution in [0.25, 0.3) is 0 Å². The minimum atomic E-state index is 0.217. The van der Waals surface area contributed by atoms with Gasteiger partial charge < -0.3 is 9.47 Å². The Kier molecular flexibility index (Phi) is 20.4. The maximum Gasteiger partial charge on any atom is 0.119 e. The van der Waals surface area contributed by atoms with Gasteiger partial charge in [0.05, 0.1) is 13.2 Å². The Hall–Kier alpha value is -1.96. The summed E-state index contributed by atoms with van der Waals surface area (Å²) in [5.41, 5.74) is 3.16. The van der Waals surface area contributed by atoms with Crippen LogP contribution in [0.5, 0.6) is 11.5 Å². The van der Waals surface area contributed by atoms with E-state index in [0.717, 1.165) is 24.7 Å². The third-order valence-electron chi connectivity index (χ3n) is 7.97. The molecule has 240 valence electrons. The first-order chi connectivity index (χ1) is 20.1. The molecule has 42 heavy (non-hydrogen) atoms. The highest BCUT2D eigenvalue weighted by atomic mass is 16.5. The van der Waals surface area contributed by atoms with Gasteiger partial charge in [0.15, 0.2) is 0 Å². The fourth-order valence-electron chi connectivity index (χ4n) is 4.95. The first-order valence-electron chi connectivity index (χ1n) is 17.5. The second-order valence-electron chi connectivity index (χ2n) is 14.2. The Morgan fingerprint density at radius 3 is 0.905 bits per heavy atom. The monoisotopic (exact) mass is 581 g/mol. The van der Waals surface area contributed by atoms with Crippen LogP contribution in [0.1, 0.15) is 169 Å². The summed E-state index contributed by atoms with van der Waals surface area (Å²) in [6, 6.07) is 17.1. The van der Waals surface area contributed by atoms with Crippen molar-refractivity contribution in [2.75, 3.05) is 13.2 Å². The lowest BCUT2D eigenvalue weighted by Crippen LogP contribution is -2.10. The fourth-order valence-corrected chi connectivity index (χ4v) is 4.95. The zero-order valence-electron chi connectivity index (χ0n) is 29.2. The van der Waals surface area contributed by atoms with Crippen LogP contribution >= 0.6 is 0 Å². The summed E-state index contributed by atoms with van der Waals surface area (Å²) in [5.74, 6) is 2.01. The summed E-state index contributed by atoms with van der Waals surface area (Å²) in [4.78, 5) is 0. The number of hydrogen-bond donors (Lipinski definition) is 0. The fraction of sp³-hybridized carbons (Fsp3) is 0.700. The molecule has 0 saturated heterocycles. The number of ether oxygens (including phenoxy) is 2. The van der Waals surface area contributed by atoms with Crippen molar-refractivity contribution in [2.24, 2.45) is 0 Å². The van der Waals surface area contributed by atoms with Crippen molar-refractivity contribution < 1.29 is 9.47 Å². The predicted molar refractivity (Wildman–Crippen MR) is 186 cm³/mol. The summed E-state index contributed by atoms with van der Waals surface area (Å²) >= 11 is 0. The Morgan fingerprint density at radius 1 is 0.381 bits per heavy atom. The molecule has 0 unspecified atom stereocenters. The molecule has 0 aliphatic heterocycles. The van der Waals surface area contributed by atoms with Crippen LogP contribution in [0.15, 0.2) is 48.5 Å². The second kappa shape index (κ2) is 22.6. The summed E-state index contributed by atoms with van der Waals surface area (Å²) in [6.45, 7) is 19.7. The highest BCUT2D eigenvalue weighted by Crippen LogP contribution is 2.25. The van der Waals surface area contributed by atoms with E-state index in [1.807, 2.05) is 0 Å². The molecule has 0 amide bonds. The largest absolute Gasteiger partial charge is 0.494 e. The van der Waals surface area contributed by atoms with Gasteiger partial charge in [0.2, 0.25) is 0 Å². The van der Waals surface area contributed by atoms with Crippen molar-refractivity contribution in [1.29, 1.82) is 0 Å². The number of hydrogen-bond acceptors (Lipinski definition) is 2. The third-order valence-corrected chi connectivity index (χ3v) is 7.97. The third kappa shape index (κ3) is 19.3. The van der Waals surface area contributed by atoms with E-state index in [0.29, 0.717) is 0 Å². The van der Waals surface area contributed by atoms with E-state index < -0.39 is 0 Å². The van der Waals surface area contributed by atoms with Crippen molar-refractivity contribution in [3.05, 3.63) is 59.7 Å². The van der Waals surface area contributed by atoms with Gasteiger partial charge in [0, 0.05) is 0 Å². The molecule has 0 aromatic heterocycles. The van der Waals surface area contributed by atoms with Gasteiger partial charge in [-0.1, -0.05) is 170 Å². The minimum Gasteiger partial charge on any atom is -0.494 e. The van der Waals surface area contributed by atoms with Crippen molar-refractivity contribution >= 4 is 0 Å². The first-order valence-corrected chi connectivity index (χ1v) is 17.5. The van der Waals surface area contributed by atoms with Gasteiger partial charge in [0.25, 0.3) is 0 Å². The molecule has 0 bridgehead atoms. The second-order valence-corrected chi connectivity index (χ2v) is 14.2. The molecule has 0 atom stereocenters. The Labute approximate surface area is 262 Å². The molecule has 2 aromatic rings. The molecule has 0 fully saturated rings. The molecule has 2 aromatic carbocycles. The van der Waals surface area contributed by atoms with Gasteiger partial charge in [-0.2, -0.15) is 0 Å². The highest BCUT2D eigenvalue weighted by molar-refractivity contribution is 5.31. The van der Waals surface area contributed by atoms with Gasteiger partial charge in [0.1, 0.15) is 11.5 Å². The summed E-state index contributed by atoms with van der Waals surface area (Å²) in [6.07, 6.45) is 21.6. The normalized spacial score (nSPS) is 11.6. The van der Waals surface area contributed by atoms with Gasteiger partial charge in [-0.05, 0) is 59.1 Å². The van der Waals surface area contributed by atoms with E-state index >= 15 is 0 Å². The Morgan fingerprint density at radius 2 is 0.643 bits per heavy atom. The molecule has 0 heterocycles. The first kappa shape index (κ1) is 38.1. The molecule has 0 N–H and O–H groups in total. The van der Waals surface area contributed by atoms with Crippen molar-refractivity contribution in [2.45, 2.75) is 169 Å². The quantitative estimate of drug-likeness (QED) is 0.145. The lowest BCUT2D eigenvalue weighted by Gasteiger charge is -2.19. The van der Waals surface area contributed by atoms with Gasteiger partial charge in [-0.25, -0.2) is 0 Å². The van der Waals surface area contributed by atoms with Crippen LogP contribution in [0, 0.1) is 0 Å². The molecular weight excluding hydrogens is 512 g/mol. The number of benzene rings is 2. The van der Waals surface area contributed by atoms with E-state index in [-0.39, 0.29) is 10.8 Å². The van der Waals surface area contributed by atoms with Crippen LogP contribution in [0.3, 0.4) is 0 Å². The smallest absolute Gasteiger partial charge is 0.119 e. The van der Waals surface area contributed by atoms with Crippen LogP contribution in [0.4, 0.5) is 0 Å². The summed E-state index contributed by atoms with van der Waals surface area (Å²) < 4.78 is 11.6. The SMILES string of the molecule is CCCCCCCCCCCCOc1ccc(C(C)(C)C)cc1.CCCCCCCCOc1ccc(C(C)(C)C)cc1. The predicted octanol–water partition coefficient (Wildman–Crippen LogP) is 13.0. The van der Waals surface area contributed by atoms with Gasteiger partial charge in [-0.15, -0.1) is 0 Å². The van der Waals surface area contributed by atoms with Crippen LogP contribution in [-0.4, -0.2) is 13.2 Å². The molecule has 0 spiro atoms. The van der Waals surface area contributed by atoms with E-state index in [4.69, 9.17) is 9.47 Å². The van der Waals surface area contributed by atoms with E-state index in [9.17, 15) is 0 Å². The highest BCUT2D eigenvalue weighted by Gasteiger charge is 2.13. The van der Waals surface area contributed by atoms with Crippen molar-refractivity contribution in [3.8, 4) is 11.5 Å². The standard InChI is InChI=1S/C22H38O.C18H30O/c1-5-6-7-8-9-10-11-12-13-14-19-23-21-17-15-20(16-18-21)22(2,3)4;1-5-6-7-8-9-10-15-19-17-13-11-16(12-14-17)18(2,3)4/h15-18H,5-14,19H2,1-4H3;11-14H,5-10,15H2,1-4H3. The lowest BCUT2D eigenvalue weighted by molar-refractivity contribution is 0.304. The van der Waals surface area contributed by atoms with Crippen molar-refractivity contribution in [1.82, 2.24) is 0 Å². The van der Waals surface area contributed by atoms with Gasteiger partial charge in [-0.3, -0.25) is 0 Å². The molecule has 0 aliphatic carbocycles. The zero-order chi connectivity index (χ0) is 31.1. The van der Waals surface area contributed by atoms with E-state index in [1.165, 1.54) is 114 Å². The maximum absolute atomic E-state index is 5.85. The van der Waals surface area contributed by atoms with Crippen molar-refractivity contribution in [3.63, 3.8) is 0 Å². The molecule has 0 aliphatic rings. The zero-order valence-corrected chi connectivity index (χ0v) is 29.2. The summed E-state index contributed by atoms with van der Waals surface area (Å²) in [5, 5.41) is 0. The van der Waals surface area contributed by atoms with Crippen LogP contribution in [-0.2, 0) is 10.8 Å². The molecule has 2 nitrogen and oxygen atoms in total. The average Bonchev–Trinajstić information content (AvgIpc) is 2.95. The number of rotatable bonds is 20. The van der Waals surface area contributed by atoms with E-state index in [2.05, 4.69) is 104 Å². The maximum atomic E-state index is 5.85. The van der Waals surface area contributed by atoms with Crippen LogP contribution in [0.2, 0.25) is 0 Å². The molecule has 0 radical (unpaired) electrons.